The first-order valence-corrected chi connectivity index (χ1v) is 28.6. The van der Waals surface area contributed by atoms with Crippen LogP contribution in [0.1, 0.15) is 154 Å². The van der Waals surface area contributed by atoms with Crippen LogP contribution in [0.3, 0.4) is 0 Å². The monoisotopic (exact) mass is 1640 g/mol. The molecule has 0 nitrogen and oxygen atoms in total. The molecule has 0 saturated heterocycles. The van der Waals surface area contributed by atoms with E-state index >= 15 is 0 Å². The molecule has 12 saturated carbocycles. The maximum atomic E-state index is 3.43. The smallest absolute Gasteiger partial charge is 0.0324 e. The van der Waals surface area contributed by atoms with Crippen molar-refractivity contribution >= 4 is 181 Å². The Morgan fingerprint density at radius 2 is 0.232 bits per heavy atom. The summed E-state index contributed by atoms with van der Waals surface area (Å²) in [4.78, 5) is 0. The second-order valence-corrected chi connectivity index (χ2v) is 22.3. The van der Waals surface area contributed by atoms with Gasteiger partial charge in [-0.3, -0.25) is 0 Å². The average molecular weight is 1640 g/mol. The second kappa shape index (κ2) is 22.3. The molecule has 296 valence electrons. The molecule has 0 spiro atoms. The Hall–Kier alpha value is 2.32. The third-order valence-corrected chi connectivity index (χ3v) is 17.6. The van der Waals surface area contributed by atoms with Crippen LogP contribution < -0.4 is 0 Å². The maximum absolute atomic E-state index is 3.43. The van der Waals surface area contributed by atoms with Crippen molar-refractivity contribution in [1.82, 2.24) is 0 Å². The van der Waals surface area contributed by atoms with Gasteiger partial charge < -0.3 is 0 Å². The van der Waals surface area contributed by atoms with Crippen LogP contribution in [0.2, 0.25) is 0 Å². The molecule has 0 aromatic heterocycles. The summed E-state index contributed by atoms with van der Waals surface area (Å²) in [6.07, 6.45) is 30.5. The summed E-state index contributed by atoms with van der Waals surface area (Å²) in [6.45, 7) is 0. The average Bonchev–Trinajstić information content (AvgIpc) is 3.22. The van der Waals surface area contributed by atoms with Crippen LogP contribution >= 0.6 is 181 Å². The molecule has 56 heavy (non-hydrogen) atoms. The molecule has 0 aromatic carbocycles. The Labute approximate surface area is 449 Å². The highest BCUT2D eigenvalue weighted by Crippen LogP contribution is 2.59. The predicted octanol–water partition coefficient (Wildman–Crippen LogP) is 16.5. The van der Waals surface area contributed by atoms with Crippen LogP contribution in [0.15, 0.2) is 0 Å². The number of hydrogen-bond acceptors (Lipinski definition) is 0. The lowest BCUT2D eigenvalue weighted by Gasteiger charge is -2.48. The SMILES string of the molecule is IC#CC12CCC(C#CI)(CC1)CC2.IC#CC12CCC(C#CI)(CC1)CC2.IC#CC12CCC(C#CI)(CC1)CC2.IC#CC12CCC(C#CI)(CC1)CC2. The lowest BCUT2D eigenvalue weighted by Crippen LogP contribution is -2.39. The van der Waals surface area contributed by atoms with E-state index in [9.17, 15) is 0 Å². The summed E-state index contributed by atoms with van der Waals surface area (Å²) in [5, 5.41) is 0. The first-order valence-electron chi connectivity index (χ1n) is 20.0. The van der Waals surface area contributed by atoms with Gasteiger partial charge in [0.2, 0.25) is 0 Å². The Kier molecular flexibility index (Phi) is 19.6. The summed E-state index contributed by atoms with van der Waals surface area (Å²) in [7, 11) is 0. The standard InChI is InChI=1S/4C12H12I2/c4*13-9-7-11-1-2-12(5-3-11,6-4-11)8-10-14/h4*1-6H2. The molecule has 0 N–H and O–H groups in total. The normalized spacial score (nSPS) is 39.3. The first kappa shape index (κ1) is 49.3. The highest BCUT2D eigenvalue weighted by atomic mass is 127. The minimum Gasteiger partial charge on any atom is -0.0851 e. The topological polar surface area (TPSA) is 0 Å². The molecule has 0 aliphatic heterocycles. The van der Waals surface area contributed by atoms with E-state index in [1.807, 2.05) is 0 Å². The summed E-state index contributed by atoms with van der Waals surface area (Å²) in [5.41, 5.74) is 2.97. The van der Waals surface area contributed by atoms with Crippen LogP contribution in [0.5, 0.6) is 0 Å². The zero-order valence-corrected chi connectivity index (χ0v) is 49.3. The maximum Gasteiger partial charge on any atom is 0.0324 e. The molecule has 12 fully saturated rings. The minimum absolute atomic E-state index is 0.371. The molecule has 0 atom stereocenters. The Bertz CT molecular complexity index is 1440. The zero-order chi connectivity index (χ0) is 40.3. The summed E-state index contributed by atoms with van der Waals surface area (Å²) >= 11 is 17.4. The third-order valence-electron chi connectivity index (χ3n) is 15.5. The van der Waals surface area contributed by atoms with Crippen molar-refractivity contribution < 1.29 is 0 Å². The molecule has 12 aliphatic carbocycles. The zero-order valence-electron chi connectivity index (χ0n) is 32.0. The second-order valence-electron chi connectivity index (χ2n) is 18.0. The van der Waals surface area contributed by atoms with Gasteiger partial charge in [0.25, 0.3) is 0 Å². The number of rotatable bonds is 0. The molecular weight excluding hydrogens is 1590 g/mol. The van der Waals surface area contributed by atoms with Crippen molar-refractivity contribution in [3.8, 4) is 78.8 Å². The fourth-order valence-corrected chi connectivity index (χ4v) is 15.6. The van der Waals surface area contributed by atoms with E-state index in [0.29, 0.717) is 43.3 Å². The molecule has 8 bridgehead atoms. The van der Waals surface area contributed by atoms with E-state index in [4.69, 9.17) is 0 Å². The molecule has 0 aromatic rings. The van der Waals surface area contributed by atoms with Gasteiger partial charge in [0.1, 0.15) is 0 Å². The molecule has 12 rings (SSSR count). The first-order chi connectivity index (χ1) is 27.0. The number of hydrogen-bond donors (Lipinski definition) is 0. The molecular formula is C48H48I8. The van der Waals surface area contributed by atoms with Crippen molar-refractivity contribution in [3.05, 3.63) is 0 Å². The van der Waals surface area contributed by atoms with Gasteiger partial charge in [-0.2, -0.15) is 0 Å². The van der Waals surface area contributed by atoms with Gasteiger partial charge in [-0.05, 0) is 186 Å². The quantitative estimate of drug-likeness (QED) is 0.168. The molecule has 0 heterocycles. The van der Waals surface area contributed by atoms with E-state index in [2.05, 4.69) is 260 Å². The fraction of sp³-hybridized carbons (Fsp3) is 0.667. The van der Waals surface area contributed by atoms with Gasteiger partial charge in [0, 0.05) is 224 Å². The van der Waals surface area contributed by atoms with Gasteiger partial charge >= 0.3 is 0 Å². The number of halogens is 8. The van der Waals surface area contributed by atoms with Crippen LogP contribution in [0.25, 0.3) is 0 Å². The molecule has 12 aliphatic rings. The minimum atomic E-state index is 0.371. The van der Waals surface area contributed by atoms with E-state index in [1.165, 1.54) is 154 Å². The fourth-order valence-electron chi connectivity index (χ4n) is 11.0. The summed E-state index contributed by atoms with van der Waals surface area (Å²) in [6, 6.07) is 0. The lowest BCUT2D eigenvalue weighted by atomic mass is 9.54. The predicted molar refractivity (Wildman–Crippen MR) is 305 cm³/mol. The lowest BCUT2D eigenvalue weighted by molar-refractivity contribution is 0.0720. The van der Waals surface area contributed by atoms with Crippen LogP contribution in [0.4, 0.5) is 0 Å². The largest absolute Gasteiger partial charge is 0.0851 e. The Morgan fingerprint density at radius 1 is 0.161 bits per heavy atom. The van der Waals surface area contributed by atoms with E-state index < -0.39 is 0 Å². The molecule has 0 amide bonds. The van der Waals surface area contributed by atoms with E-state index in [1.54, 1.807) is 0 Å². The third kappa shape index (κ3) is 12.3. The van der Waals surface area contributed by atoms with Crippen LogP contribution in [-0.4, -0.2) is 0 Å². The van der Waals surface area contributed by atoms with Crippen LogP contribution in [0, 0.1) is 122 Å². The highest BCUT2D eigenvalue weighted by molar-refractivity contribution is 14.1. The number of fused-ring (bicyclic) bond motifs is 12. The van der Waals surface area contributed by atoms with E-state index in [-0.39, 0.29) is 0 Å². The molecule has 0 unspecified atom stereocenters. The summed E-state index contributed by atoms with van der Waals surface area (Å²) < 4.78 is 24.6. The van der Waals surface area contributed by atoms with Crippen molar-refractivity contribution in [2.75, 3.05) is 0 Å². The molecule has 0 radical (unpaired) electrons. The Morgan fingerprint density at radius 3 is 0.286 bits per heavy atom. The van der Waals surface area contributed by atoms with Gasteiger partial charge in [-0.15, -0.1) is 0 Å². The van der Waals surface area contributed by atoms with Crippen LogP contribution in [-0.2, 0) is 0 Å². The molecule has 8 heteroatoms. The van der Waals surface area contributed by atoms with Crippen molar-refractivity contribution in [2.45, 2.75) is 154 Å². The van der Waals surface area contributed by atoms with Gasteiger partial charge in [-0.25, -0.2) is 0 Å². The summed E-state index contributed by atoms with van der Waals surface area (Å²) in [5.74, 6) is 27.5. The van der Waals surface area contributed by atoms with Gasteiger partial charge in [0.15, 0.2) is 0 Å². The van der Waals surface area contributed by atoms with Crippen molar-refractivity contribution in [1.29, 1.82) is 0 Å². The highest BCUT2D eigenvalue weighted by Gasteiger charge is 2.50. The van der Waals surface area contributed by atoms with Crippen molar-refractivity contribution in [3.63, 3.8) is 0 Å². The van der Waals surface area contributed by atoms with Crippen molar-refractivity contribution in [2.24, 2.45) is 43.3 Å². The van der Waals surface area contributed by atoms with Gasteiger partial charge in [-0.1, -0.05) is 47.4 Å². The van der Waals surface area contributed by atoms with E-state index in [0.717, 1.165) is 0 Å². The van der Waals surface area contributed by atoms with Gasteiger partial charge in [0.05, 0.1) is 0 Å². The Balaban J connectivity index is 0.000000143.